The van der Waals surface area contributed by atoms with Gasteiger partial charge in [0, 0.05) is 22.5 Å². The van der Waals surface area contributed by atoms with Crippen LogP contribution in [-0.2, 0) is 16.0 Å². The summed E-state index contributed by atoms with van der Waals surface area (Å²) >= 11 is 9.48. The van der Waals surface area contributed by atoms with E-state index >= 15 is 0 Å². The fourth-order valence-corrected chi connectivity index (χ4v) is 2.76. The smallest absolute Gasteiger partial charge is 0.166 e. The zero-order chi connectivity index (χ0) is 13.1. The Balaban J connectivity index is 2.05. The number of ether oxygens (including phenoxy) is 1. The Labute approximate surface area is 121 Å². The maximum atomic E-state index is 12.2. The normalized spacial score (nSPS) is 16.6. The van der Waals surface area contributed by atoms with Crippen LogP contribution in [0.1, 0.15) is 25.3 Å². The zero-order valence-corrected chi connectivity index (χ0v) is 12.6. The molecule has 4 heteroatoms. The van der Waals surface area contributed by atoms with Gasteiger partial charge in [0.05, 0.1) is 0 Å². The third-order valence-electron chi connectivity index (χ3n) is 3.09. The van der Waals surface area contributed by atoms with Crippen molar-refractivity contribution in [2.45, 2.75) is 32.3 Å². The van der Waals surface area contributed by atoms with Gasteiger partial charge in [0.1, 0.15) is 6.10 Å². The van der Waals surface area contributed by atoms with Crippen molar-refractivity contribution < 1.29 is 9.53 Å². The van der Waals surface area contributed by atoms with E-state index in [1.54, 1.807) is 0 Å². The van der Waals surface area contributed by atoms with Crippen LogP contribution in [0.5, 0.6) is 0 Å². The Morgan fingerprint density at radius 2 is 2.28 bits per heavy atom. The number of halogens is 2. The number of hydrogen-bond donors (Lipinski definition) is 0. The van der Waals surface area contributed by atoms with Crippen molar-refractivity contribution in [1.29, 1.82) is 0 Å². The van der Waals surface area contributed by atoms with Crippen LogP contribution in [0.2, 0.25) is 5.02 Å². The minimum absolute atomic E-state index is 0.142. The fraction of sp³-hybridized carbons (Fsp3) is 0.500. The maximum Gasteiger partial charge on any atom is 0.166 e. The average molecular weight is 332 g/mol. The van der Waals surface area contributed by atoms with E-state index in [4.69, 9.17) is 16.3 Å². The van der Waals surface area contributed by atoms with Gasteiger partial charge in [-0.15, -0.1) is 0 Å². The highest BCUT2D eigenvalue weighted by Crippen LogP contribution is 2.35. The number of rotatable bonds is 6. The standard InChI is InChI=1S/C14H16BrClO2/c1-2-18-14(9-3-4-9)13(17)7-10-5-6-11(15)8-12(10)16/h5-6,8-9,14H,2-4,7H2,1H3. The van der Waals surface area contributed by atoms with Gasteiger partial charge in [-0.05, 0) is 43.4 Å². The number of carbonyl (C=O) groups excluding carboxylic acids is 1. The number of ketones is 1. The monoisotopic (exact) mass is 330 g/mol. The number of hydrogen-bond acceptors (Lipinski definition) is 2. The van der Waals surface area contributed by atoms with Crippen molar-refractivity contribution in [1.82, 2.24) is 0 Å². The summed E-state index contributed by atoms with van der Waals surface area (Å²) in [5.41, 5.74) is 0.871. The van der Waals surface area contributed by atoms with Gasteiger partial charge >= 0.3 is 0 Å². The summed E-state index contributed by atoms with van der Waals surface area (Å²) in [6, 6.07) is 5.61. The Morgan fingerprint density at radius 1 is 1.56 bits per heavy atom. The van der Waals surface area contributed by atoms with Crippen molar-refractivity contribution in [3.63, 3.8) is 0 Å². The molecule has 0 aromatic heterocycles. The second-order valence-corrected chi connectivity index (χ2v) is 5.92. The molecule has 0 spiro atoms. The van der Waals surface area contributed by atoms with Crippen LogP contribution in [0.3, 0.4) is 0 Å². The van der Waals surface area contributed by atoms with Gasteiger partial charge in [-0.2, -0.15) is 0 Å². The average Bonchev–Trinajstić information content (AvgIpc) is 3.13. The largest absolute Gasteiger partial charge is 0.370 e. The zero-order valence-electron chi connectivity index (χ0n) is 10.3. The van der Waals surface area contributed by atoms with E-state index in [9.17, 15) is 4.79 Å². The minimum Gasteiger partial charge on any atom is -0.370 e. The van der Waals surface area contributed by atoms with Gasteiger partial charge in [0.2, 0.25) is 0 Å². The summed E-state index contributed by atoms with van der Waals surface area (Å²) in [5, 5.41) is 0.628. The quantitative estimate of drug-likeness (QED) is 0.786. The van der Waals surface area contributed by atoms with Crippen molar-refractivity contribution in [2.24, 2.45) is 5.92 Å². The molecule has 0 radical (unpaired) electrons. The predicted molar refractivity (Wildman–Crippen MR) is 76.0 cm³/mol. The van der Waals surface area contributed by atoms with Gasteiger partial charge < -0.3 is 4.74 Å². The molecular weight excluding hydrogens is 316 g/mol. The summed E-state index contributed by atoms with van der Waals surface area (Å²) in [5.74, 6) is 0.565. The lowest BCUT2D eigenvalue weighted by molar-refractivity contribution is -0.130. The lowest BCUT2D eigenvalue weighted by atomic mass is 10.0. The molecule has 2 rings (SSSR count). The van der Waals surface area contributed by atoms with Gasteiger partial charge in [0.25, 0.3) is 0 Å². The molecule has 1 aromatic rings. The molecule has 18 heavy (non-hydrogen) atoms. The number of carbonyl (C=O) groups is 1. The second-order valence-electron chi connectivity index (χ2n) is 4.59. The first-order valence-corrected chi connectivity index (χ1v) is 7.37. The molecule has 0 heterocycles. The van der Waals surface area contributed by atoms with Gasteiger partial charge in [0.15, 0.2) is 5.78 Å². The molecule has 0 amide bonds. The molecule has 0 aliphatic heterocycles. The number of benzene rings is 1. The Bertz CT molecular complexity index is 443. The topological polar surface area (TPSA) is 26.3 Å². The van der Waals surface area contributed by atoms with Crippen molar-refractivity contribution in [3.8, 4) is 0 Å². The van der Waals surface area contributed by atoms with Crippen LogP contribution in [0.4, 0.5) is 0 Å². The second kappa shape index (κ2) is 6.18. The highest BCUT2D eigenvalue weighted by atomic mass is 79.9. The predicted octanol–water partition coefficient (Wildman–Crippen LogP) is 4.03. The first-order chi connectivity index (χ1) is 8.61. The molecule has 1 fully saturated rings. The molecule has 0 bridgehead atoms. The summed E-state index contributed by atoms with van der Waals surface area (Å²) in [6.45, 7) is 2.51. The Hall–Kier alpha value is -0.380. The molecule has 2 nitrogen and oxygen atoms in total. The number of Topliss-reactive ketones (excluding diaryl/α,β-unsaturated/α-hetero) is 1. The highest BCUT2D eigenvalue weighted by Gasteiger charge is 2.36. The molecular formula is C14H16BrClO2. The fourth-order valence-electron chi connectivity index (χ4n) is 2.02. The molecule has 1 atom stereocenters. The van der Waals surface area contributed by atoms with Crippen molar-refractivity contribution in [2.75, 3.05) is 6.61 Å². The summed E-state index contributed by atoms with van der Waals surface area (Å²) in [4.78, 5) is 12.2. The lowest BCUT2D eigenvalue weighted by Gasteiger charge is -2.15. The molecule has 1 unspecified atom stereocenters. The van der Waals surface area contributed by atoms with Gasteiger partial charge in [-0.25, -0.2) is 0 Å². The Kier molecular flexibility index (Phi) is 4.82. The van der Waals surface area contributed by atoms with Gasteiger partial charge in [-0.3, -0.25) is 4.79 Å². The first kappa shape index (κ1) is 14.0. The van der Waals surface area contributed by atoms with Crippen LogP contribution in [0.25, 0.3) is 0 Å². The van der Waals surface area contributed by atoms with Crippen LogP contribution < -0.4 is 0 Å². The summed E-state index contributed by atoms with van der Waals surface area (Å²) < 4.78 is 6.48. The summed E-state index contributed by atoms with van der Waals surface area (Å²) in [7, 11) is 0. The molecule has 1 aliphatic rings. The van der Waals surface area contributed by atoms with Crippen LogP contribution in [-0.4, -0.2) is 18.5 Å². The SMILES string of the molecule is CCOC(C(=O)Cc1ccc(Br)cc1Cl)C1CC1. The van der Waals surface area contributed by atoms with E-state index in [-0.39, 0.29) is 11.9 Å². The molecule has 0 N–H and O–H groups in total. The minimum atomic E-state index is -0.241. The van der Waals surface area contributed by atoms with Gasteiger partial charge in [-0.1, -0.05) is 33.6 Å². The third kappa shape index (κ3) is 3.56. The van der Waals surface area contributed by atoms with Crippen LogP contribution >= 0.6 is 27.5 Å². The van der Waals surface area contributed by atoms with E-state index in [0.29, 0.717) is 24.0 Å². The molecule has 1 saturated carbocycles. The van der Waals surface area contributed by atoms with E-state index in [0.717, 1.165) is 22.9 Å². The molecule has 0 saturated heterocycles. The van der Waals surface area contributed by atoms with E-state index in [2.05, 4.69) is 15.9 Å². The van der Waals surface area contributed by atoms with Crippen molar-refractivity contribution >= 4 is 33.3 Å². The summed E-state index contributed by atoms with van der Waals surface area (Å²) in [6.07, 6.45) is 2.32. The molecule has 1 aliphatic carbocycles. The van der Waals surface area contributed by atoms with Crippen LogP contribution in [0.15, 0.2) is 22.7 Å². The molecule has 1 aromatic carbocycles. The van der Waals surface area contributed by atoms with Crippen molar-refractivity contribution in [3.05, 3.63) is 33.3 Å². The lowest BCUT2D eigenvalue weighted by Crippen LogP contribution is -2.28. The highest BCUT2D eigenvalue weighted by molar-refractivity contribution is 9.10. The third-order valence-corrected chi connectivity index (χ3v) is 3.94. The van der Waals surface area contributed by atoms with Crippen LogP contribution in [0, 0.1) is 5.92 Å². The van der Waals surface area contributed by atoms with E-state index in [1.807, 2.05) is 25.1 Å². The van der Waals surface area contributed by atoms with E-state index < -0.39 is 0 Å². The first-order valence-electron chi connectivity index (χ1n) is 6.20. The van der Waals surface area contributed by atoms with E-state index in [1.165, 1.54) is 0 Å². The Morgan fingerprint density at radius 3 is 2.83 bits per heavy atom. The molecule has 98 valence electrons. The maximum absolute atomic E-state index is 12.2.